The van der Waals surface area contributed by atoms with Crippen LogP contribution in [-0.2, 0) is 4.74 Å². The number of ether oxygens (including phenoxy) is 1. The number of esters is 1. The van der Waals surface area contributed by atoms with Gasteiger partial charge in [0, 0.05) is 0 Å². The molecule has 0 amide bonds. The normalized spacial score (nSPS) is 35.4. The molecule has 4 unspecified atom stereocenters. The van der Waals surface area contributed by atoms with Gasteiger partial charge in [0.05, 0.1) is 11.7 Å². The Bertz CT molecular complexity index is 435. The van der Waals surface area contributed by atoms with Gasteiger partial charge in [-0.25, -0.2) is 9.18 Å². The fraction of sp³-hybridized carbons (Fsp3) is 0.462. The van der Waals surface area contributed by atoms with Gasteiger partial charge < -0.3 is 9.84 Å². The summed E-state index contributed by atoms with van der Waals surface area (Å²) >= 11 is 0. The van der Waals surface area contributed by atoms with Gasteiger partial charge in [-0.3, -0.25) is 0 Å². The van der Waals surface area contributed by atoms with Gasteiger partial charge in [-0.2, -0.15) is 0 Å². The van der Waals surface area contributed by atoms with E-state index in [-0.39, 0.29) is 5.82 Å². The van der Waals surface area contributed by atoms with E-state index < -0.39 is 23.8 Å². The second-order valence-corrected chi connectivity index (χ2v) is 5.05. The molecule has 0 heterocycles. The Balaban J connectivity index is 2.12. The highest BCUT2D eigenvalue weighted by molar-refractivity contribution is 6.12. The number of rotatable bonds is 2. The zero-order valence-corrected chi connectivity index (χ0v) is 10.5. The first-order chi connectivity index (χ1) is 8.43. The molecule has 0 radical (unpaired) electrons. The van der Waals surface area contributed by atoms with Gasteiger partial charge in [0.2, 0.25) is 0 Å². The lowest BCUT2D eigenvalue weighted by atomic mass is 9.77. The molecule has 1 N–H and O–H groups in total. The van der Waals surface area contributed by atoms with E-state index in [4.69, 9.17) is 4.74 Å². The Morgan fingerprint density at radius 1 is 1.50 bits per heavy atom. The van der Waals surface area contributed by atoms with Crippen LogP contribution in [0.2, 0.25) is 5.82 Å². The highest BCUT2D eigenvalue weighted by Gasteiger charge is 2.52. The van der Waals surface area contributed by atoms with E-state index in [1.165, 1.54) is 6.92 Å². The van der Waals surface area contributed by atoms with Gasteiger partial charge in [0.15, 0.2) is 6.10 Å². The fourth-order valence-electron chi connectivity index (χ4n) is 2.32. The molecule has 18 heavy (non-hydrogen) atoms. The van der Waals surface area contributed by atoms with E-state index in [0.29, 0.717) is 12.0 Å². The molecule has 0 aliphatic heterocycles. The lowest BCUT2D eigenvalue weighted by Crippen LogP contribution is -2.41. The van der Waals surface area contributed by atoms with Crippen LogP contribution in [0.25, 0.3) is 0 Å². The maximum absolute atomic E-state index is 14.4. The number of carbonyl (C=O) groups is 1. The zero-order chi connectivity index (χ0) is 13.3. The van der Waals surface area contributed by atoms with Crippen molar-refractivity contribution in [2.75, 3.05) is 0 Å². The molecule has 1 aliphatic carbocycles. The molecule has 1 saturated carbocycles. The van der Waals surface area contributed by atoms with Crippen LogP contribution in [0.4, 0.5) is 4.39 Å². The molecule has 0 saturated heterocycles. The first-order valence-electron chi connectivity index (χ1n) is 6.06. The van der Waals surface area contributed by atoms with Gasteiger partial charge in [-0.05, 0) is 31.3 Å². The number of aliphatic hydroxyl groups excluding tert-OH is 1. The van der Waals surface area contributed by atoms with Gasteiger partial charge in [0.1, 0.15) is 13.5 Å². The fourth-order valence-corrected chi connectivity index (χ4v) is 2.32. The van der Waals surface area contributed by atoms with Crippen LogP contribution in [0.5, 0.6) is 0 Å². The minimum atomic E-state index is -1.69. The molecule has 3 nitrogen and oxygen atoms in total. The average Bonchev–Trinajstić information content (AvgIpc) is 2.53. The summed E-state index contributed by atoms with van der Waals surface area (Å²) in [5, 5.41) is 9.77. The van der Waals surface area contributed by atoms with E-state index in [0.717, 1.165) is 0 Å². The standard InChI is InChI=1S/C13H16BFO3/c1-13(15)10(14)7-9(16)11(13)18-12(17)8-5-3-2-4-6-8/h2-6,9-11,16H,7,14H2,1H3. The summed E-state index contributed by atoms with van der Waals surface area (Å²) in [6, 6.07) is 8.39. The lowest BCUT2D eigenvalue weighted by Gasteiger charge is -2.27. The first kappa shape index (κ1) is 13.1. The van der Waals surface area contributed by atoms with E-state index in [2.05, 4.69) is 0 Å². The third-order valence-corrected chi connectivity index (χ3v) is 3.71. The zero-order valence-electron chi connectivity index (χ0n) is 10.5. The van der Waals surface area contributed by atoms with Crippen molar-refractivity contribution in [1.29, 1.82) is 0 Å². The smallest absolute Gasteiger partial charge is 0.338 e. The van der Waals surface area contributed by atoms with Crippen molar-refractivity contribution in [3.05, 3.63) is 35.9 Å². The molecule has 0 spiro atoms. The van der Waals surface area contributed by atoms with Gasteiger partial charge >= 0.3 is 5.97 Å². The van der Waals surface area contributed by atoms with E-state index in [1.54, 1.807) is 38.2 Å². The van der Waals surface area contributed by atoms with E-state index in [1.807, 2.05) is 0 Å². The van der Waals surface area contributed by atoms with Crippen molar-refractivity contribution in [2.24, 2.45) is 0 Å². The molecule has 96 valence electrons. The topological polar surface area (TPSA) is 46.5 Å². The highest BCUT2D eigenvalue weighted by Crippen LogP contribution is 2.43. The molecular formula is C13H16BFO3. The third kappa shape index (κ3) is 2.27. The minimum absolute atomic E-state index is 0.305. The molecule has 1 aliphatic rings. The van der Waals surface area contributed by atoms with Crippen LogP contribution in [0.1, 0.15) is 23.7 Å². The quantitative estimate of drug-likeness (QED) is 0.632. The number of aliphatic hydroxyl groups is 1. The molecule has 0 aromatic heterocycles. The Morgan fingerprint density at radius 2 is 2.11 bits per heavy atom. The predicted octanol–water partition coefficient (Wildman–Crippen LogP) is 1.13. The van der Waals surface area contributed by atoms with Gasteiger partial charge in [-0.15, -0.1) is 0 Å². The Labute approximate surface area is 106 Å². The molecule has 1 aromatic rings. The summed E-state index contributed by atoms with van der Waals surface area (Å²) in [5.41, 5.74) is -1.33. The maximum Gasteiger partial charge on any atom is 0.338 e. The summed E-state index contributed by atoms with van der Waals surface area (Å²) < 4.78 is 19.5. The summed E-state index contributed by atoms with van der Waals surface area (Å²) in [5.74, 6) is -0.932. The predicted molar refractivity (Wildman–Crippen MR) is 68.1 cm³/mol. The molecule has 5 heteroatoms. The number of alkyl halides is 1. The van der Waals surface area contributed by atoms with Crippen molar-refractivity contribution in [3.8, 4) is 0 Å². The Hall–Kier alpha value is -1.36. The van der Waals surface area contributed by atoms with Crippen LogP contribution in [0.3, 0.4) is 0 Å². The number of hydrogen-bond acceptors (Lipinski definition) is 3. The Morgan fingerprint density at radius 3 is 2.61 bits per heavy atom. The second kappa shape index (κ2) is 4.73. The SMILES string of the molecule is BC1CC(O)C(OC(=O)c2ccccc2)C1(C)F. The lowest BCUT2D eigenvalue weighted by molar-refractivity contribution is -0.0533. The van der Waals surface area contributed by atoms with E-state index in [9.17, 15) is 14.3 Å². The van der Waals surface area contributed by atoms with Crippen LogP contribution >= 0.6 is 0 Å². The van der Waals surface area contributed by atoms with Crippen LogP contribution in [0, 0.1) is 0 Å². The van der Waals surface area contributed by atoms with Crippen molar-refractivity contribution in [3.63, 3.8) is 0 Å². The van der Waals surface area contributed by atoms with Crippen molar-refractivity contribution < 1.29 is 19.0 Å². The monoisotopic (exact) mass is 250 g/mol. The molecule has 4 atom stereocenters. The van der Waals surface area contributed by atoms with Gasteiger partial charge in [-0.1, -0.05) is 18.2 Å². The summed E-state index contributed by atoms with van der Waals surface area (Å²) in [6.07, 6.45) is -1.73. The number of hydrogen-bond donors (Lipinski definition) is 1. The maximum atomic E-state index is 14.4. The molecule has 0 bridgehead atoms. The highest BCUT2D eigenvalue weighted by atomic mass is 19.1. The van der Waals surface area contributed by atoms with Crippen molar-refractivity contribution >= 4 is 13.8 Å². The second-order valence-electron chi connectivity index (χ2n) is 5.05. The Kier molecular flexibility index (Phi) is 3.44. The number of benzene rings is 1. The van der Waals surface area contributed by atoms with E-state index >= 15 is 0 Å². The average molecular weight is 250 g/mol. The van der Waals surface area contributed by atoms with Crippen LogP contribution in [0.15, 0.2) is 30.3 Å². The third-order valence-electron chi connectivity index (χ3n) is 3.71. The molecule has 1 aromatic carbocycles. The van der Waals surface area contributed by atoms with Crippen molar-refractivity contribution in [2.45, 2.75) is 37.0 Å². The number of carbonyl (C=O) groups excluding carboxylic acids is 1. The summed E-state index contributed by atoms with van der Waals surface area (Å²) in [7, 11) is 1.71. The van der Waals surface area contributed by atoms with Crippen LogP contribution < -0.4 is 0 Å². The van der Waals surface area contributed by atoms with Gasteiger partial charge in [0.25, 0.3) is 0 Å². The number of halogens is 1. The summed E-state index contributed by atoms with van der Waals surface area (Å²) in [6.45, 7) is 1.37. The minimum Gasteiger partial charge on any atom is -0.453 e. The molecule has 2 rings (SSSR count). The summed E-state index contributed by atoms with van der Waals surface area (Å²) in [4.78, 5) is 11.8. The first-order valence-corrected chi connectivity index (χ1v) is 6.06. The molecular weight excluding hydrogens is 234 g/mol. The van der Waals surface area contributed by atoms with Crippen molar-refractivity contribution in [1.82, 2.24) is 0 Å². The molecule has 1 fully saturated rings. The van der Waals surface area contributed by atoms with Crippen LogP contribution in [-0.4, -0.2) is 36.8 Å². The largest absolute Gasteiger partial charge is 0.453 e.